The largest absolute Gasteiger partial charge is 0.348 e. The van der Waals surface area contributed by atoms with Crippen molar-refractivity contribution < 1.29 is 28.4 Å². The van der Waals surface area contributed by atoms with Crippen molar-refractivity contribution in [3.05, 3.63) is 0 Å². The molecular weight excluding hydrogens is 360 g/mol. The Morgan fingerprint density at radius 3 is 1.39 bits per heavy atom. The Hall–Kier alpha value is -0.240. The lowest BCUT2D eigenvalue weighted by Crippen LogP contribution is -2.38. The Bertz CT molecular complexity index is 467. The van der Waals surface area contributed by atoms with Crippen molar-refractivity contribution in [2.24, 2.45) is 0 Å². The molecule has 2 atom stereocenters. The molecule has 0 aromatic carbocycles. The molecule has 28 heavy (non-hydrogen) atoms. The Morgan fingerprint density at radius 2 is 1.00 bits per heavy atom. The van der Waals surface area contributed by atoms with Crippen molar-refractivity contribution in [3.8, 4) is 0 Å². The molecule has 2 aliphatic carbocycles. The van der Waals surface area contributed by atoms with Crippen LogP contribution in [0.15, 0.2) is 0 Å². The number of hydrogen-bond acceptors (Lipinski definition) is 6. The van der Waals surface area contributed by atoms with Gasteiger partial charge in [-0.05, 0) is 52.4 Å². The second-order valence-corrected chi connectivity index (χ2v) is 9.40. The minimum atomic E-state index is -0.611. The van der Waals surface area contributed by atoms with Gasteiger partial charge in [0, 0.05) is 25.7 Å². The van der Waals surface area contributed by atoms with Crippen molar-refractivity contribution in [3.63, 3.8) is 0 Å². The lowest BCUT2D eigenvalue weighted by Gasteiger charge is -2.34. The molecule has 2 spiro atoms. The summed E-state index contributed by atoms with van der Waals surface area (Å²) in [7, 11) is 0. The molecule has 0 radical (unpaired) electrons. The highest BCUT2D eigenvalue weighted by molar-refractivity contribution is 4.86. The summed E-state index contributed by atoms with van der Waals surface area (Å²) in [6, 6.07) is 0. The van der Waals surface area contributed by atoms with Gasteiger partial charge in [-0.3, -0.25) is 0 Å². The molecular formula is C22H38O6. The van der Waals surface area contributed by atoms with Crippen LogP contribution < -0.4 is 0 Å². The third-order valence-corrected chi connectivity index (χ3v) is 6.58. The molecule has 2 aliphatic heterocycles. The van der Waals surface area contributed by atoms with Gasteiger partial charge >= 0.3 is 0 Å². The van der Waals surface area contributed by atoms with Crippen LogP contribution in [0.1, 0.15) is 90.9 Å². The van der Waals surface area contributed by atoms with Crippen LogP contribution in [0.2, 0.25) is 0 Å². The molecule has 2 heterocycles. The lowest BCUT2D eigenvalue weighted by molar-refractivity contribution is -0.270. The molecule has 162 valence electrons. The Labute approximate surface area is 169 Å². The molecule has 4 aliphatic rings. The predicted octanol–water partition coefficient (Wildman–Crippen LogP) is 4.65. The average Bonchev–Trinajstić information content (AvgIpc) is 3.17. The van der Waals surface area contributed by atoms with Crippen molar-refractivity contribution in [2.75, 3.05) is 26.4 Å². The van der Waals surface area contributed by atoms with Crippen molar-refractivity contribution in [1.29, 1.82) is 0 Å². The number of hydrogen-bond donors (Lipinski definition) is 0. The zero-order valence-electron chi connectivity index (χ0n) is 17.8. The highest BCUT2D eigenvalue weighted by atomic mass is 16.8. The first kappa shape index (κ1) is 21.0. The lowest BCUT2D eigenvalue weighted by atomic mass is 9.94. The van der Waals surface area contributed by atoms with Crippen LogP contribution in [0.4, 0.5) is 0 Å². The summed E-state index contributed by atoms with van der Waals surface area (Å²) in [4.78, 5) is 0. The van der Waals surface area contributed by atoms with Crippen LogP contribution in [-0.4, -0.2) is 49.6 Å². The predicted molar refractivity (Wildman–Crippen MR) is 104 cm³/mol. The van der Waals surface area contributed by atoms with Gasteiger partial charge in [-0.1, -0.05) is 12.8 Å². The summed E-state index contributed by atoms with van der Waals surface area (Å²) in [5.74, 6) is -2.00. The smallest absolute Gasteiger partial charge is 0.192 e. The van der Waals surface area contributed by atoms with Gasteiger partial charge in [-0.15, -0.1) is 0 Å². The van der Waals surface area contributed by atoms with Crippen LogP contribution in [0.5, 0.6) is 0 Å². The zero-order chi connectivity index (χ0) is 19.6. The van der Waals surface area contributed by atoms with E-state index in [-0.39, 0.29) is 11.6 Å². The fraction of sp³-hybridized carbons (Fsp3) is 1.00. The van der Waals surface area contributed by atoms with Gasteiger partial charge < -0.3 is 28.4 Å². The molecule has 6 nitrogen and oxygen atoms in total. The van der Waals surface area contributed by atoms with Crippen molar-refractivity contribution in [1.82, 2.24) is 0 Å². The molecule has 2 unspecified atom stereocenters. The summed E-state index contributed by atoms with van der Waals surface area (Å²) in [5, 5.41) is 0. The van der Waals surface area contributed by atoms with Crippen LogP contribution in [0.3, 0.4) is 0 Å². The maximum absolute atomic E-state index is 6.23. The molecule has 0 bridgehead atoms. The summed E-state index contributed by atoms with van der Waals surface area (Å²) in [5.41, 5.74) is 0. The first-order chi connectivity index (χ1) is 13.4. The van der Waals surface area contributed by atoms with Crippen LogP contribution in [-0.2, 0) is 28.4 Å². The topological polar surface area (TPSA) is 55.4 Å². The van der Waals surface area contributed by atoms with Crippen LogP contribution in [0, 0.1) is 0 Å². The van der Waals surface area contributed by atoms with Gasteiger partial charge in [0.05, 0.1) is 13.2 Å². The van der Waals surface area contributed by atoms with E-state index < -0.39 is 11.6 Å². The number of rotatable bonds is 7. The standard InChI is InChI=1S/C22H38O6/c1-19(17-25-21(27-19)11-5-3-6-12-21)23-15-9-10-16-24-20(2)18-26-22(28-20)13-7-4-8-14-22/h3-18H2,1-2H3. The SMILES string of the molecule is CC1(OCCCCOC2(C)COC3(CCCCC3)O2)COC2(CCCCC2)O1. The minimum absolute atomic E-state index is 0.389. The fourth-order valence-electron chi connectivity index (χ4n) is 5.03. The normalized spacial score (nSPS) is 37.1. The molecule has 0 N–H and O–H groups in total. The van der Waals surface area contributed by atoms with Crippen LogP contribution >= 0.6 is 0 Å². The molecule has 4 rings (SSSR count). The summed E-state index contributed by atoms with van der Waals surface area (Å²) >= 11 is 0. The van der Waals surface area contributed by atoms with Gasteiger partial charge in [0.2, 0.25) is 0 Å². The summed E-state index contributed by atoms with van der Waals surface area (Å²) in [6.07, 6.45) is 13.1. The number of unbranched alkanes of at least 4 members (excludes halogenated alkanes) is 1. The van der Waals surface area contributed by atoms with E-state index >= 15 is 0 Å². The van der Waals surface area contributed by atoms with Gasteiger partial charge in [-0.2, -0.15) is 0 Å². The first-order valence-corrected chi connectivity index (χ1v) is 11.4. The maximum atomic E-state index is 6.23. The molecule has 0 amide bonds. The van der Waals surface area contributed by atoms with E-state index in [4.69, 9.17) is 28.4 Å². The Balaban J connectivity index is 1.11. The molecule has 2 saturated heterocycles. The van der Waals surface area contributed by atoms with E-state index in [0.717, 1.165) is 38.5 Å². The first-order valence-electron chi connectivity index (χ1n) is 11.4. The van der Waals surface area contributed by atoms with E-state index in [1.165, 1.54) is 38.5 Å². The monoisotopic (exact) mass is 398 g/mol. The summed E-state index contributed by atoms with van der Waals surface area (Å²) < 4.78 is 36.6. The fourth-order valence-corrected chi connectivity index (χ4v) is 5.03. The highest BCUT2D eigenvalue weighted by Crippen LogP contribution is 2.43. The van der Waals surface area contributed by atoms with E-state index in [1.807, 2.05) is 13.8 Å². The number of ether oxygens (including phenoxy) is 6. The van der Waals surface area contributed by atoms with Gasteiger partial charge in [0.1, 0.15) is 13.2 Å². The molecule has 0 aromatic heterocycles. The van der Waals surface area contributed by atoms with Crippen LogP contribution in [0.25, 0.3) is 0 Å². The van der Waals surface area contributed by atoms with Gasteiger partial charge in [0.25, 0.3) is 0 Å². The second-order valence-electron chi connectivity index (χ2n) is 9.40. The molecule has 6 heteroatoms. The Morgan fingerprint density at radius 1 is 0.607 bits per heavy atom. The van der Waals surface area contributed by atoms with Gasteiger partial charge in [0.15, 0.2) is 23.1 Å². The zero-order valence-corrected chi connectivity index (χ0v) is 17.8. The van der Waals surface area contributed by atoms with E-state index in [0.29, 0.717) is 26.4 Å². The van der Waals surface area contributed by atoms with Crippen molar-refractivity contribution in [2.45, 2.75) is 114 Å². The Kier molecular flexibility index (Phi) is 6.36. The molecule has 4 fully saturated rings. The maximum Gasteiger partial charge on any atom is 0.192 e. The minimum Gasteiger partial charge on any atom is -0.348 e. The third kappa shape index (κ3) is 4.90. The van der Waals surface area contributed by atoms with Crippen molar-refractivity contribution >= 4 is 0 Å². The third-order valence-electron chi connectivity index (χ3n) is 6.58. The molecule has 2 saturated carbocycles. The molecule has 0 aromatic rings. The summed E-state index contributed by atoms with van der Waals surface area (Å²) in [6.45, 7) is 6.35. The average molecular weight is 399 g/mol. The van der Waals surface area contributed by atoms with Gasteiger partial charge in [-0.25, -0.2) is 0 Å². The van der Waals surface area contributed by atoms with E-state index in [9.17, 15) is 0 Å². The highest BCUT2D eigenvalue weighted by Gasteiger charge is 2.50. The second kappa shape index (κ2) is 8.48. The van der Waals surface area contributed by atoms with E-state index in [1.54, 1.807) is 0 Å². The quantitative estimate of drug-likeness (QED) is 0.582. The van der Waals surface area contributed by atoms with E-state index in [2.05, 4.69) is 0 Å².